The number of nitrogens with zero attached hydrogens (tertiary/aromatic N) is 2. The number of aromatic nitrogens is 2. The quantitative estimate of drug-likeness (QED) is 0.694. The van der Waals surface area contributed by atoms with Crippen LogP contribution in [-0.4, -0.2) is 22.6 Å². The highest BCUT2D eigenvalue weighted by atomic mass is 16.1. The van der Waals surface area contributed by atoms with Gasteiger partial charge in [-0.25, -0.2) is 0 Å². The molecule has 122 valence electrons. The van der Waals surface area contributed by atoms with Crippen molar-refractivity contribution in [2.24, 2.45) is 0 Å². The topological polar surface area (TPSA) is 66.9 Å². The Hall–Kier alpha value is -2.43. The molecule has 5 heteroatoms. The molecule has 1 heterocycles. The van der Waals surface area contributed by atoms with Crippen molar-refractivity contribution in [2.45, 2.75) is 39.0 Å². The fourth-order valence-electron chi connectivity index (χ4n) is 2.19. The maximum absolute atomic E-state index is 11.9. The summed E-state index contributed by atoms with van der Waals surface area (Å²) in [5, 5.41) is 14.1. The van der Waals surface area contributed by atoms with E-state index in [9.17, 15) is 4.79 Å². The Kier molecular flexibility index (Phi) is 7.04. The van der Waals surface area contributed by atoms with Gasteiger partial charge in [0.2, 0.25) is 5.91 Å². The molecule has 2 N–H and O–H groups in total. The number of rotatable bonds is 9. The maximum atomic E-state index is 11.9. The van der Waals surface area contributed by atoms with E-state index >= 15 is 0 Å². The van der Waals surface area contributed by atoms with Gasteiger partial charge in [0.15, 0.2) is 5.82 Å². The lowest BCUT2D eigenvalue weighted by Gasteiger charge is -2.06. The summed E-state index contributed by atoms with van der Waals surface area (Å²) in [6.07, 6.45) is 4.67. The maximum Gasteiger partial charge on any atom is 0.225 e. The van der Waals surface area contributed by atoms with Gasteiger partial charge in [0.1, 0.15) is 5.82 Å². The van der Waals surface area contributed by atoms with Crippen LogP contribution in [0.15, 0.2) is 42.5 Å². The van der Waals surface area contributed by atoms with Gasteiger partial charge in [0.25, 0.3) is 0 Å². The molecule has 1 aromatic carbocycles. The summed E-state index contributed by atoms with van der Waals surface area (Å²) in [7, 11) is 0. The average Bonchev–Trinajstić information content (AvgIpc) is 2.59. The Morgan fingerprint density at radius 2 is 1.74 bits per heavy atom. The van der Waals surface area contributed by atoms with Crippen molar-refractivity contribution >= 4 is 17.5 Å². The molecule has 5 nitrogen and oxygen atoms in total. The van der Waals surface area contributed by atoms with Crippen molar-refractivity contribution < 1.29 is 4.79 Å². The predicted octanol–water partition coefficient (Wildman–Crippen LogP) is 3.65. The molecular weight excluding hydrogens is 288 g/mol. The first-order chi connectivity index (χ1) is 11.3. The van der Waals surface area contributed by atoms with Gasteiger partial charge in [0.05, 0.1) is 0 Å². The Labute approximate surface area is 137 Å². The Bertz CT molecular complexity index is 584. The molecule has 1 aromatic heterocycles. The van der Waals surface area contributed by atoms with E-state index in [1.807, 2.05) is 36.4 Å². The molecule has 2 rings (SSSR count). The Morgan fingerprint density at radius 3 is 2.43 bits per heavy atom. The van der Waals surface area contributed by atoms with Crippen molar-refractivity contribution in [2.75, 3.05) is 17.2 Å². The Balaban J connectivity index is 1.73. The zero-order valence-corrected chi connectivity index (χ0v) is 13.6. The minimum absolute atomic E-state index is 0.0493. The lowest BCUT2D eigenvalue weighted by molar-refractivity contribution is -0.116. The second-order valence-corrected chi connectivity index (χ2v) is 5.47. The number of anilines is 2. The van der Waals surface area contributed by atoms with E-state index in [2.05, 4.69) is 27.8 Å². The van der Waals surface area contributed by atoms with Crippen LogP contribution in [0.5, 0.6) is 0 Å². The second kappa shape index (κ2) is 9.56. The molecule has 2 aromatic rings. The van der Waals surface area contributed by atoms with Crippen LogP contribution in [0.1, 0.15) is 38.2 Å². The first kappa shape index (κ1) is 16.9. The number of amides is 1. The molecule has 0 spiro atoms. The second-order valence-electron chi connectivity index (χ2n) is 5.47. The summed E-state index contributed by atoms with van der Waals surface area (Å²) < 4.78 is 0. The molecule has 0 fully saturated rings. The summed E-state index contributed by atoms with van der Waals surface area (Å²) in [6, 6.07) is 13.6. The van der Waals surface area contributed by atoms with E-state index < -0.39 is 0 Å². The third-order valence-electron chi connectivity index (χ3n) is 3.50. The molecule has 0 atom stereocenters. The molecule has 23 heavy (non-hydrogen) atoms. The van der Waals surface area contributed by atoms with Crippen LogP contribution in [0.3, 0.4) is 0 Å². The van der Waals surface area contributed by atoms with E-state index in [4.69, 9.17) is 0 Å². The molecule has 0 radical (unpaired) electrons. The third kappa shape index (κ3) is 6.46. The highest BCUT2D eigenvalue weighted by Crippen LogP contribution is 2.08. The van der Waals surface area contributed by atoms with Crippen LogP contribution in [0.25, 0.3) is 0 Å². The molecule has 0 unspecified atom stereocenters. The largest absolute Gasteiger partial charge is 0.369 e. The summed E-state index contributed by atoms with van der Waals surface area (Å²) >= 11 is 0. The van der Waals surface area contributed by atoms with E-state index in [-0.39, 0.29) is 5.91 Å². The number of aryl methyl sites for hydroxylation is 1. The number of nitrogens with one attached hydrogen (secondary N) is 2. The molecule has 1 amide bonds. The number of hydrogen-bond donors (Lipinski definition) is 2. The molecule has 0 aliphatic heterocycles. The van der Waals surface area contributed by atoms with Crippen molar-refractivity contribution in [1.29, 1.82) is 0 Å². The minimum atomic E-state index is -0.0493. The van der Waals surface area contributed by atoms with Gasteiger partial charge < -0.3 is 10.6 Å². The van der Waals surface area contributed by atoms with E-state index in [1.165, 1.54) is 12.8 Å². The zero-order chi connectivity index (χ0) is 16.3. The Morgan fingerprint density at radius 1 is 1.00 bits per heavy atom. The molecule has 0 aliphatic carbocycles. The first-order valence-corrected chi connectivity index (χ1v) is 8.19. The fraction of sp³-hybridized carbons (Fsp3) is 0.389. The van der Waals surface area contributed by atoms with Crippen molar-refractivity contribution in [3.63, 3.8) is 0 Å². The third-order valence-corrected chi connectivity index (χ3v) is 3.50. The van der Waals surface area contributed by atoms with Crippen LogP contribution in [0.4, 0.5) is 11.6 Å². The first-order valence-electron chi connectivity index (χ1n) is 8.19. The SMILES string of the molecule is CCCCCNc1ccc(NC(=O)CCc2ccccc2)nn1. The highest BCUT2D eigenvalue weighted by molar-refractivity contribution is 5.89. The summed E-state index contributed by atoms with van der Waals surface area (Å²) in [5.41, 5.74) is 1.15. The molecule has 0 saturated carbocycles. The molecular formula is C18H24N4O. The van der Waals surface area contributed by atoms with Gasteiger partial charge in [-0.3, -0.25) is 4.79 Å². The number of hydrogen-bond acceptors (Lipinski definition) is 4. The molecule has 0 bridgehead atoms. The lowest BCUT2D eigenvalue weighted by atomic mass is 10.1. The smallest absolute Gasteiger partial charge is 0.225 e. The van der Waals surface area contributed by atoms with Crippen LogP contribution >= 0.6 is 0 Å². The van der Waals surface area contributed by atoms with Crippen molar-refractivity contribution in [3.8, 4) is 0 Å². The number of unbranched alkanes of at least 4 members (excludes halogenated alkanes) is 2. The minimum Gasteiger partial charge on any atom is -0.369 e. The summed E-state index contributed by atoms with van der Waals surface area (Å²) in [6.45, 7) is 3.07. The van der Waals surface area contributed by atoms with Gasteiger partial charge in [-0.05, 0) is 30.5 Å². The summed E-state index contributed by atoms with van der Waals surface area (Å²) in [5.74, 6) is 1.18. The van der Waals surface area contributed by atoms with Crippen LogP contribution in [-0.2, 0) is 11.2 Å². The summed E-state index contributed by atoms with van der Waals surface area (Å²) in [4.78, 5) is 11.9. The van der Waals surface area contributed by atoms with Crippen LogP contribution < -0.4 is 10.6 Å². The normalized spacial score (nSPS) is 10.3. The van der Waals surface area contributed by atoms with Gasteiger partial charge in [-0.15, -0.1) is 10.2 Å². The van der Waals surface area contributed by atoms with Crippen molar-refractivity contribution in [1.82, 2.24) is 10.2 Å². The zero-order valence-electron chi connectivity index (χ0n) is 13.6. The van der Waals surface area contributed by atoms with E-state index in [0.29, 0.717) is 12.2 Å². The van der Waals surface area contributed by atoms with Gasteiger partial charge >= 0.3 is 0 Å². The standard InChI is InChI=1S/C18H24N4O/c1-2-3-7-14-19-16-11-12-17(22-21-16)20-18(23)13-10-15-8-5-4-6-9-15/h4-6,8-9,11-12H,2-3,7,10,13-14H2,1H3,(H,19,21)(H,20,22,23). The van der Waals surface area contributed by atoms with Crippen LogP contribution in [0, 0.1) is 0 Å². The average molecular weight is 312 g/mol. The highest BCUT2D eigenvalue weighted by Gasteiger charge is 2.05. The van der Waals surface area contributed by atoms with Gasteiger partial charge in [-0.1, -0.05) is 50.1 Å². The fourth-order valence-corrected chi connectivity index (χ4v) is 2.19. The molecule has 0 saturated heterocycles. The van der Waals surface area contributed by atoms with E-state index in [0.717, 1.165) is 30.8 Å². The van der Waals surface area contributed by atoms with Gasteiger partial charge in [0, 0.05) is 13.0 Å². The lowest BCUT2D eigenvalue weighted by Crippen LogP contribution is -2.14. The van der Waals surface area contributed by atoms with E-state index in [1.54, 1.807) is 6.07 Å². The predicted molar refractivity (Wildman–Crippen MR) is 93.4 cm³/mol. The number of benzene rings is 1. The number of carbonyl (C=O) groups excluding carboxylic acids is 1. The molecule has 0 aliphatic rings. The van der Waals surface area contributed by atoms with Crippen molar-refractivity contribution in [3.05, 3.63) is 48.0 Å². The van der Waals surface area contributed by atoms with Crippen LogP contribution in [0.2, 0.25) is 0 Å². The monoisotopic (exact) mass is 312 g/mol. The number of carbonyl (C=O) groups is 1. The van der Waals surface area contributed by atoms with Gasteiger partial charge in [-0.2, -0.15) is 0 Å².